The van der Waals surface area contributed by atoms with E-state index in [1.54, 1.807) is 18.4 Å². The SMILES string of the molecule is CCC(CC)c1cc(CNC(=NC)NCCCc2nc3ccccc3s2)on1.I. The number of nitrogens with one attached hydrogen (secondary N) is 2. The van der Waals surface area contributed by atoms with Gasteiger partial charge >= 0.3 is 0 Å². The monoisotopic (exact) mass is 527 g/mol. The van der Waals surface area contributed by atoms with E-state index in [1.807, 2.05) is 12.1 Å². The van der Waals surface area contributed by atoms with Crippen LogP contribution < -0.4 is 10.6 Å². The summed E-state index contributed by atoms with van der Waals surface area (Å²) >= 11 is 1.77. The van der Waals surface area contributed by atoms with Gasteiger partial charge in [0.05, 0.1) is 27.5 Å². The van der Waals surface area contributed by atoms with Gasteiger partial charge in [-0.25, -0.2) is 4.98 Å². The molecule has 3 rings (SSSR count). The molecule has 0 bridgehead atoms. The number of hydrogen-bond acceptors (Lipinski definition) is 5. The molecule has 0 saturated heterocycles. The average Bonchev–Trinajstić information content (AvgIpc) is 3.35. The predicted octanol–water partition coefficient (Wildman–Crippen LogP) is 5.10. The highest BCUT2D eigenvalue weighted by atomic mass is 127. The number of thiazole rings is 1. The van der Waals surface area contributed by atoms with Crippen LogP contribution >= 0.6 is 35.3 Å². The molecular formula is C21H30IN5OS. The standard InChI is InChI=1S/C21H29N5OS.HI/c1-4-15(5-2)18-13-16(27-26-18)14-24-21(22-3)23-12-8-11-20-25-17-9-6-7-10-19(17)28-20;/h6-7,9-10,13,15H,4-5,8,11-12,14H2,1-3H3,(H2,22,23,24);1H. The second-order valence-electron chi connectivity index (χ2n) is 6.76. The molecule has 0 aliphatic rings. The van der Waals surface area contributed by atoms with Crippen molar-refractivity contribution in [2.24, 2.45) is 4.99 Å². The summed E-state index contributed by atoms with van der Waals surface area (Å²) in [6, 6.07) is 10.3. The Hall–Kier alpha value is -1.68. The number of aromatic nitrogens is 2. The highest BCUT2D eigenvalue weighted by Crippen LogP contribution is 2.23. The highest BCUT2D eigenvalue weighted by molar-refractivity contribution is 14.0. The normalized spacial score (nSPS) is 11.7. The Morgan fingerprint density at radius 3 is 2.72 bits per heavy atom. The number of aliphatic imine (C=N–C) groups is 1. The molecule has 0 saturated carbocycles. The van der Waals surface area contributed by atoms with Crippen LogP contribution in [0.4, 0.5) is 0 Å². The summed E-state index contributed by atoms with van der Waals surface area (Å²) in [7, 11) is 1.78. The van der Waals surface area contributed by atoms with E-state index in [2.05, 4.69) is 57.8 Å². The first-order valence-corrected chi connectivity index (χ1v) is 10.8. The number of fused-ring (bicyclic) bond motifs is 1. The molecule has 0 aliphatic carbocycles. The van der Waals surface area contributed by atoms with Gasteiger partial charge in [-0.2, -0.15) is 0 Å². The van der Waals surface area contributed by atoms with Crippen LogP contribution in [0.2, 0.25) is 0 Å². The number of rotatable bonds is 9. The van der Waals surface area contributed by atoms with E-state index in [-0.39, 0.29) is 24.0 Å². The van der Waals surface area contributed by atoms with Crippen LogP contribution in [-0.2, 0) is 13.0 Å². The molecule has 0 atom stereocenters. The highest BCUT2D eigenvalue weighted by Gasteiger charge is 2.13. The summed E-state index contributed by atoms with van der Waals surface area (Å²) in [6.07, 6.45) is 4.12. The summed E-state index contributed by atoms with van der Waals surface area (Å²) in [5, 5.41) is 12.0. The Kier molecular flexibility index (Phi) is 9.86. The first-order valence-electron chi connectivity index (χ1n) is 9.97. The smallest absolute Gasteiger partial charge is 0.191 e. The van der Waals surface area contributed by atoms with Crippen molar-refractivity contribution in [3.8, 4) is 0 Å². The van der Waals surface area contributed by atoms with Crippen molar-refractivity contribution in [3.63, 3.8) is 0 Å². The maximum Gasteiger partial charge on any atom is 0.191 e. The molecule has 2 aromatic heterocycles. The molecule has 0 spiro atoms. The number of para-hydroxylation sites is 1. The molecule has 0 amide bonds. The molecule has 1 aromatic carbocycles. The van der Waals surface area contributed by atoms with E-state index in [0.29, 0.717) is 12.5 Å². The number of guanidine groups is 1. The van der Waals surface area contributed by atoms with Crippen molar-refractivity contribution >= 4 is 51.5 Å². The third-order valence-corrected chi connectivity index (χ3v) is 5.93. The Bertz CT molecular complexity index is 870. The largest absolute Gasteiger partial charge is 0.359 e. The Morgan fingerprint density at radius 2 is 2.00 bits per heavy atom. The van der Waals surface area contributed by atoms with Crippen LogP contribution in [-0.4, -0.2) is 29.7 Å². The van der Waals surface area contributed by atoms with Crippen LogP contribution in [0.1, 0.15) is 55.5 Å². The van der Waals surface area contributed by atoms with Gasteiger partial charge in [0.2, 0.25) is 0 Å². The van der Waals surface area contributed by atoms with E-state index in [4.69, 9.17) is 4.52 Å². The fourth-order valence-electron chi connectivity index (χ4n) is 3.18. The van der Waals surface area contributed by atoms with Gasteiger partial charge in [-0.05, 0) is 31.4 Å². The summed E-state index contributed by atoms with van der Waals surface area (Å²) in [6.45, 7) is 5.78. The number of aryl methyl sites for hydroxylation is 1. The maximum absolute atomic E-state index is 5.45. The van der Waals surface area contributed by atoms with E-state index in [9.17, 15) is 0 Å². The first kappa shape index (κ1) is 23.6. The molecule has 0 unspecified atom stereocenters. The fourth-order valence-corrected chi connectivity index (χ4v) is 4.19. The molecule has 3 aromatic rings. The van der Waals surface area contributed by atoms with Crippen LogP contribution in [0.5, 0.6) is 0 Å². The molecule has 0 aliphatic heterocycles. The Balaban J connectivity index is 0.00000300. The summed E-state index contributed by atoms with van der Waals surface area (Å²) in [4.78, 5) is 8.96. The lowest BCUT2D eigenvalue weighted by Gasteiger charge is -2.10. The Morgan fingerprint density at radius 1 is 1.21 bits per heavy atom. The van der Waals surface area contributed by atoms with Gasteiger partial charge in [0.15, 0.2) is 11.7 Å². The van der Waals surface area contributed by atoms with E-state index >= 15 is 0 Å². The van der Waals surface area contributed by atoms with Gasteiger partial charge in [-0.3, -0.25) is 4.99 Å². The van der Waals surface area contributed by atoms with Gasteiger partial charge in [0, 0.05) is 32.0 Å². The maximum atomic E-state index is 5.45. The van der Waals surface area contributed by atoms with Gasteiger partial charge < -0.3 is 15.2 Å². The third-order valence-electron chi connectivity index (χ3n) is 4.83. The zero-order chi connectivity index (χ0) is 19.8. The van der Waals surface area contributed by atoms with Gasteiger partial charge in [-0.1, -0.05) is 31.1 Å². The van der Waals surface area contributed by atoms with Crippen molar-refractivity contribution in [1.29, 1.82) is 0 Å². The minimum Gasteiger partial charge on any atom is -0.359 e. The van der Waals surface area contributed by atoms with Crippen molar-refractivity contribution in [2.45, 2.75) is 52.0 Å². The predicted molar refractivity (Wildman–Crippen MR) is 131 cm³/mol. The van der Waals surface area contributed by atoms with E-state index < -0.39 is 0 Å². The van der Waals surface area contributed by atoms with E-state index in [0.717, 1.165) is 55.2 Å². The molecule has 29 heavy (non-hydrogen) atoms. The summed E-state index contributed by atoms with van der Waals surface area (Å²) in [5.74, 6) is 2.07. The summed E-state index contributed by atoms with van der Waals surface area (Å²) < 4.78 is 6.71. The molecule has 2 N–H and O–H groups in total. The van der Waals surface area contributed by atoms with Gasteiger partial charge in [0.25, 0.3) is 0 Å². The van der Waals surface area contributed by atoms with Crippen LogP contribution in [0.25, 0.3) is 10.2 Å². The number of halogens is 1. The number of benzene rings is 1. The van der Waals surface area contributed by atoms with Crippen molar-refractivity contribution < 1.29 is 4.52 Å². The molecule has 158 valence electrons. The molecular weight excluding hydrogens is 497 g/mol. The van der Waals surface area contributed by atoms with Crippen molar-refractivity contribution in [1.82, 2.24) is 20.8 Å². The molecule has 8 heteroatoms. The fraction of sp³-hybridized carbons (Fsp3) is 0.476. The average molecular weight is 527 g/mol. The molecule has 6 nitrogen and oxygen atoms in total. The number of hydrogen-bond donors (Lipinski definition) is 2. The molecule has 0 radical (unpaired) electrons. The van der Waals surface area contributed by atoms with Gasteiger partial charge in [-0.15, -0.1) is 35.3 Å². The minimum absolute atomic E-state index is 0. The third kappa shape index (κ3) is 6.67. The zero-order valence-electron chi connectivity index (χ0n) is 17.3. The minimum atomic E-state index is 0. The molecule has 2 heterocycles. The van der Waals surface area contributed by atoms with Crippen molar-refractivity contribution in [3.05, 3.63) is 46.8 Å². The van der Waals surface area contributed by atoms with Gasteiger partial charge in [0.1, 0.15) is 0 Å². The second kappa shape index (κ2) is 12.1. The topological polar surface area (TPSA) is 75.3 Å². The lowest BCUT2D eigenvalue weighted by Crippen LogP contribution is -2.37. The lowest BCUT2D eigenvalue weighted by molar-refractivity contribution is 0.368. The van der Waals surface area contributed by atoms with Crippen LogP contribution in [0.15, 0.2) is 39.8 Å². The number of nitrogens with zero attached hydrogens (tertiary/aromatic N) is 3. The lowest BCUT2D eigenvalue weighted by atomic mass is 9.99. The second-order valence-corrected chi connectivity index (χ2v) is 7.88. The van der Waals surface area contributed by atoms with E-state index in [1.165, 1.54) is 9.71 Å². The Labute approximate surface area is 193 Å². The van der Waals surface area contributed by atoms with Crippen LogP contribution in [0.3, 0.4) is 0 Å². The van der Waals surface area contributed by atoms with Crippen molar-refractivity contribution in [2.75, 3.05) is 13.6 Å². The zero-order valence-corrected chi connectivity index (χ0v) is 20.4. The first-order chi connectivity index (χ1) is 13.7. The molecule has 0 fully saturated rings. The van der Waals surface area contributed by atoms with Crippen LogP contribution in [0, 0.1) is 0 Å². The quantitative estimate of drug-likeness (QED) is 0.175. The summed E-state index contributed by atoms with van der Waals surface area (Å²) in [5.41, 5.74) is 2.13.